The fourth-order valence-corrected chi connectivity index (χ4v) is 3.66. The van der Waals surface area contributed by atoms with Gasteiger partial charge in [-0.1, -0.05) is 11.2 Å². The maximum absolute atomic E-state index is 12.8. The Hall–Kier alpha value is -2.94. The van der Waals surface area contributed by atoms with Crippen molar-refractivity contribution in [1.29, 1.82) is 0 Å². The van der Waals surface area contributed by atoms with E-state index < -0.39 is 0 Å². The van der Waals surface area contributed by atoms with E-state index in [-0.39, 0.29) is 12.0 Å². The fraction of sp³-hybridized carbons (Fsp3) is 0.333. The molecule has 0 bridgehead atoms. The highest BCUT2D eigenvalue weighted by molar-refractivity contribution is 7.13. The van der Waals surface area contributed by atoms with Gasteiger partial charge in [-0.25, -0.2) is 9.97 Å². The van der Waals surface area contributed by atoms with Crippen molar-refractivity contribution in [2.45, 2.75) is 18.9 Å². The second-order valence-corrected chi connectivity index (χ2v) is 7.01. The molecule has 4 rings (SSSR count). The van der Waals surface area contributed by atoms with E-state index in [9.17, 15) is 4.79 Å². The number of likely N-dealkylation sites (tertiary alicyclic amines) is 1. The number of nitrogens with zero attached hydrogens (tertiary/aromatic N) is 4. The van der Waals surface area contributed by atoms with Crippen LogP contribution in [0.15, 0.2) is 40.5 Å². The molecule has 0 radical (unpaired) electrons. The van der Waals surface area contributed by atoms with Crippen molar-refractivity contribution >= 4 is 17.2 Å². The minimum absolute atomic E-state index is 0.166. The second-order valence-electron chi connectivity index (χ2n) is 6.06. The number of hydrogen-bond acceptors (Lipinski definition) is 8. The summed E-state index contributed by atoms with van der Waals surface area (Å²) >= 11 is 1.54. The van der Waals surface area contributed by atoms with Crippen LogP contribution in [0.5, 0.6) is 11.8 Å². The highest BCUT2D eigenvalue weighted by Gasteiger charge is 2.28. The van der Waals surface area contributed by atoms with Crippen LogP contribution in [0.25, 0.3) is 10.6 Å². The van der Waals surface area contributed by atoms with Gasteiger partial charge in [0.15, 0.2) is 11.5 Å². The third kappa shape index (κ3) is 3.77. The Labute approximate surface area is 159 Å². The predicted octanol–water partition coefficient (Wildman–Crippen LogP) is 2.89. The first-order valence-corrected chi connectivity index (χ1v) is 9.44. The summed E-state index contributed by atoms with van der Waals surface area (Å²) in [6, 6.07) is 5.54. The number of piperidine rings is 1. The highest BCUT2D eigenvalue weighted by Crippen LogP contribution is 2.27. The number of ether oxygens (including phenoxy) is 2. The Bertz CT molecular complexity index is 912. The largest absolute Gasteiger partial charge is 0.477 e. The zero-order valence-electron chi connectivity index (χ0n) is 14.7. The van der Waals surface area contributed by atoms with E-state index in [4.69, 9.17) is 14.0 Å². The molecule has 140 valence electrons. The molecular weight excluding hydrogens is 368 g/mol. The first-order valence-electron chi connectivity index (χ1n) is 8.56. The molecule has 3 aromatic heterocycles. The van der Waals surface area contributed by atoms with Gasteiger partial charge in [-0.15, -0.1) is 11.3 Å². The fourth-order valence-electron chi connectivity index (χ4n) is 2.98. The number of carbonyl (C=O) groups is 1. The lowest BCUT2D eigenvalue weighted by atomic mass is 10.1. The van der Waals surface area contributed by atoms with Gasteiger partial charge in [-0.3, -0.25) is 4.79 Å². The van der Waals surface area contributed by atoms with E-state index in [2.05, 4.69) is 15.1 Å². The van der Waals surface area contributed by atoms with Crippen LogP contribution in [0.3, 0.4) is 0 Å². The van der Waals surface area contributed by atoms with E-state index in [0.717, 1.165) is 17.7 Å². The Kier molecular flexibility index (Phi) is 5.01. The number of methoxy groups -OCH3 is 1. The number of aromatic nitrogens is 3. The Balaban J connectivity index is 1.44. The minimum Gasteiger partial charge on any atom is -0.477 e. The number of hydrogen-bond donors (Lipinski definition) is 0. The summed E-state index contributed by atoms with van der Waals surface area (Å²) in [5, 5.41) is 5.89. The van der Waals surface area contributed by atoms with E-state index in [0.29, 0.717) is 36.3 Å². The molecule has 27 heavy (non-hydrogen) atoms. The SMILES string of the molecule is COc1nccnc1OC1CCCN(C(=O)c2cc(-c3cccs3)on2)C1. The summed E-state index contributed by atoms with van der Waals surface area (Å²) in [5.41, 5.74) is 0.302. The summed E-state index contributed by atoms with van der Waals surface area (Å²) in [5.74, 6) is 1.10. The van der Waals surface area contributed by atoms with Crippen LogP contribution >= 0.6 is 11.3 Å². The Morgan fingerprint density at radius 3 is 2.96 bits per heavy atom. The number of carbonyl (C=O) groups excluding carboxylic acids is 1. The molecule has 1 saturated heterocycles. The van der Waals surface area contributed by atoms with E-state index in [1.807, 2.05) is 17.5 Å². The van der Waals surface area contributed by atoms with E-state index in [1.54, 1.807) is 17.2 Å². The Morgan fingerprint density at radius 2 is 2.19 bits per heavy atom. The zero-order chi connectivity index (χ0) is 18.6. The van der Waals surface area contributed by atoms with Crippen molar-refractivity contribution in [2.24, 2.45) is 0 Å². The summed E-state index contributed by atoms with van der Waals surface area (Å²) in [4.78, 5) is 23.7. The molecule has 1 fully saturated rings. The lowest BCUT2D eigenvalue weighted by molar-refractivity contribution is 0.0510. The molecule has 0 N–H and O–H groups in total. The Morgan fingerprint density at radius 1 is 1.33 bits per heavy atom. The van der Waals surface area contributed by atoms with Crippen LogP contribution < -0.4 is 9.47 Å². The molecule has 1 atom stereocenters. The summed E-state index contributed by atoms with van der Waals surface area (Å²) < 4.78 is 16.4. The molecule has 1 aliphatic heterocycles. The lowest BCUT2D eigenvalue weighted by Gasteiger charge is -2.32. The number of amides is 1. The third-order valence-electron chi connectivity index (χ3n) is 4.26. The zero-order valence-corrected chi connectivity index (χ0v) is 15.5. The van der Waals surface area contributed by atoms with Gasteiger partial charge < -0.3 is 18.9 Å². The van der Waals surface area contributed by atoms with Crippen molar-refractivity contribution in [1.82, 2.24) is 20.0 Å². The van der Waals surface area contributed by atoms with Crippen molar-refractivity contribution in [2.75, 3.05) is 20.2 Å². The van der Waals surface area contributed by atoms with Gasteiger partial charge >= 0.3 is 0 Å². The van der Waals surface area contributed by atoms with Gasteiger partial charge in [-0.2, -0.15) is 0 Å². The molecule has 0 aliphatic carbocycles. The van der Waals surface area contributed by atoms with Crippen LogP contribution in [0.4, 0.5) is 0 Å². The molecule has 1 aliphatic rings. The molecule has 3 aromatic rings. The van der Waals surface area contributed by atoms with Crippen molar-refractivity contribution in [3.8, 4) is 22.4 Å². The normalized spacial score (nSPS) is 16.9. The predicted molar refractivity (Wildman–Crippen MR) is 98.0 cm³/mol. The molecule has 0 aromatic carbocycles. The van der Waals surface area contributed by atoms with Crippen molar-refractivity contribution in [3.63, 3.8) is 0 Å². The summed E-state index contributed by atoms with van der Waals surface area (Å²) in [7, 11) is 1.52. The monoisotopic (exact) mass is 386 g/mol. The molecule has 1 unspecified atom stereocenters. The first-order chi connectivity index (χ1) is 13.2. The smallest absolute Gasteiger partial charge is 0.278 e. The van der Waals surface area contributed by atoms with Gasteiger partial charge in [0, 0.05) is 25.0 Å². The molecule has 0 spiro atoms. The van der Waals surface area contributed by atoms with Gasteiger partial charge in [0.2, 0.25) is 0 Å². The molecule has 9 heteroatoms. The standard InChI is InChI=1S/C18H18N4O4S/c1-24-16-17(20-7-6-19-16)25-12-4-2-8-22(11-12)18(23)13-10-14(26-21-13)15-5-3-9-27-15/h3,5-7,9-10,12H,2,4,8,11H2,1H3. The molecule has 0 saturated carbocycles. The quantitative estimate of drug-likeness (QED) is 0.666. The third-order valence-corrected chi connectivity index (χ3v) is 5.15. The van der Waals surface area contributed by atoms with Crippen LogP contribution in [0.2, 0.25) is 0 Å². The maximum Gasteiger partial charge on any atom is 0.278 e. The van der Waals surface area contributed by atoms with Crippen molar-refractivity contribution < 1.29 is 18.8 Å². The second kappa shape index (κ2) is 7.75. The van der Waals surface area contributed by atoms with Gasteiger partial charge in [0.25, 0.3) is 17.7 Å². The maximum atomic E-state index is 12.8. The van der Waals surface area contributed by atoms with E-state index >= 15 is 0 Å². The molecule has 1 amide bonds. The van der Waals surface area contributed by atoms with E-state index in [1.165, 1.54) is 24.6 Å². The number of thiophene rings is 1. The lowest BCUT2D eigenvalue weighted by Crippen LogP contribution is -2.44. The average molecular weight is 386 g/mol. The van der Waals surface area contributed by atoms with Gasteiger partial charge in [0.05, 0.1) is 18.5 Å². The molecular formula is C18H18N4O4S. The van der Waals surface area contributed by atoms with Crippen LogP contribution in [-0.4, -0.2) is 52.2 Å². The van der Waals surface area contributed by atoms with Crippen LogP contribution in [0, 0.1) is 0 Å². The molecule has 8 nitrogen and oxygen atoms in total. The van der Waals surface area contributed by atoms with Gasteiger partial charge in [-0.05, 0) is 24.3 Å². The van der Waals surface area contributed by atoms with Gasteiger partial charge in [0.1, 0.15) is 6.10 Å². The summed E-state index contributed by atoms with van der Waals surface area (Å²) in [6.07, 6.45) is 4.55. The summed E-state index contributed by atoms with van der Waals surface area (Å²) in [6.45, 7) is 1.09. The average Bonchev–Trinajstić information content (AvgIpc) is 3.40. The number of rotatable bonds is 5. The highest BCUT2D eigenvalue weighted by atomic mass is 32.1. The van der Waals surface area contributed by atoms with Crippen LogP contribution in [0.1, 0.15) is 23.3 Å². The first kappa shape index (κ1) is 17.5. The topological polar surface area (TPSA) is 90.6 Å². The molecule has 4 heterocycles. The van der Waals surface area contributed by atoms with Crippen LogP contribution in [-0.2, 0) is 0 Å². The van der Waals surface area contributed by atoms with Crippen molar-refractivity contribution in [3.05, 3.63) is 41.7 Å². The minimum atomic E-state index is -0.183.